The van der Waals surface area contributed by atoms with Crippen molar-refractivity contribution in [1.82, 2.24) is 19.8 Å². The number of hydrogen-bond acceptors (Lipinski definition) is 4. The summed E-state index contributed by atoms with van der Waals surface area (Å²) in [4.78, 5) is 32.8. The average Bonchev–Trinajstić information content (AvgIpc) is 3.60. The van der Waals surface area contributed by atoms with E-state index in [2.05, 4.69) is 15.6 Å². The van der Waals surface area contributed by atoms with Crippen LogP contribution in [0.1, 0.15) is 55.8 Å². The number of aryl methyl sites for hydroxylation is 1. The van der Waals surface area contributed by atoms with Crippen molar-refractivity contribution in [3.8, 4) is 0 Å². The molecule has 1 saturated heterocycles. The Morgan fingerprint density at radius 2 is 1.84 bits per heavy atom. The van der Waals surface area contributed by atoms with E-state index < -0.39 is 23.2 Å². The smallest absolute Gasteiger partial charge is 0.248 e. The van der Waals surface area contributed by atoms with Gasteiger partial charge in [-0.15, -0.1) is 0 Å². The maximum atomic E-state index is 14.5. The third-order valence-corrected chi connectivity index (χ3v) is 7.66. The Morgan fingerprint density at radius 1 is 1.11 bits per heavy atom. The number of imidazole rings is 1. The van der Waals surface area contributed by atoms with E-state index in [9.17, 15) is 18.4 Å². The molecule has 2 aromatic carbocycles. The minimum atomic E-state index is -0.837. The molecule has 7 nitrogen and oxygen atoms in total. The number of anilines is 1. The van der Waals surface area contributed by atoms with Crippen LogP contribution in [0.15, 0.2) is 55.0 Å². The lowest BCUT2D eigenvalue weighted by molar-refractivity contribution is -0.138. The van der Waals surface area contributed by atoms with Gasteiger partial charge < -0.3 is 14.8 Å². The van der Waals surface area contributed by atoms with Crippen LogP contribution in [0, 0.1) is 11.6 Å². The van der Waals surface area contributed by atoms with Crippen molar-refractivity contribution in [1.29, 1.82) is 0 Å². The predicted molar refractivity (Wildman–Crippen MR) is 140 cm³/mol. The van der Waals surface area contributed by atoms with Gasteiger partial charge >= 0.3 is 0 Å². The van der Waals surface area contributed by atoms with Crippen LogP contribution >= 0.6 is 0 Å². The Labute approximate surface area is 221 Å². The van der Waals surface area contributed by atoms with E-state index in [0.29, 0.717) is 36.2 Å². The molecule has 2 amide bonds. The van der Waals surface area contributed by atoms with E-state index in [-0.39, 0.29) is 17.9 Å². The molecule has 0 spiro atoms. The molecule has 1 unspecified atom stereocenters. The van der Waals surface area contributed by atoms with Gasteiger partial charge in [-0.05, 0) is 68.7 Å². The molecule has 2 N–H and O–H groups in total. The molecular formula is C29H33F2N5O2. The molecule has 3 aromatic rings. The molecule has 38 heavy (non-hydrogen) atoms. The third-order valence-electron chi connectivity index (χ3n) is 7.66. The van der Waals surface area contributed by atoms with Crippen molar-refractivity contribution in [3.05, 3.63) is 83.3 Å². The van der Waals surface area contributed by atoms with Crippen LogP contribution in [0.25, 0.3) is 0 Å². The van der Waals surface area contributed by atoms with Gasteiger partial charge in [0, 0.05) is 31.4 Å². The summed E-state index contributed by atoms with van der Waals surface area (Å²) in [6.07, 6.45) is 6.79. The highest BCUT2D eigenvalue weighted by atomic mass is 19.1. The Morgan fingerprint density at radius 3 is 2.58 bits per heavy atom. The largest absolute Gasteiger partial charge is 0.341 e. The number of nitrogens with zero attached hydrogens (tertiary/aromatic N) is 3. The lowest BCUT2D eigenvalue weighted by Gasteiger charge is -2.30. The number of rotatable bonds is 7. The molecule has 5 rings (SSSR count). The Balaban J connectivity index is 1.32. The van der Waals surface area contributed by atoms with Crippen molar-refractivity contribution >= 4 is 17.6 Å². The second kappa shape index (κ2) is 10.6. The summed E-state index contributed by atoms with van der Waals surface area (Å²) >= 11 is 0. The molecule has 0 radical (unpaired) electrons. The van der Waals surface area contributed by atoms with E-state index in [1.54, 1.807) is 17.1 Å². The highest BCUT2D eigenvalue weighted by Gasteiger charge is 2.35. The van der Waals surface area contributed by atoms with Gasteiger partial charge in [0.25, 0.3) is 0 Å². The first-order chi connectivity index (χ1) is 18.2. The van der Waals surface area contributed by atoms with Gasteiger partial charge in [-0.25, -0.2) is 13.8 Å². The summed E-state index contributed by atoms with van der Waals surface area (Å²) in [5.41, 5.74) is 1.10. The van der Waals surface area contributed by atoms with E-state index in [4.69, 9.17) is 0 Å². The molecule has 2 heterocycles. The quantitative estimate of drug-likeness (QED) is 0.485. The summed E-state index contributed by atoms with van der Waals surface area (Å²) in [5.74, 6) is -1.06. The molecule has 2 atom stereocenters. The van der Waals surface area contributed by atoms with Crippen LogP contribution in [0.4, 0.5) is 14.6 Å². The second-order valence-corrected chi connectivity index (χ2v) is 10.7. The van der Waals surface area contributed by atoms with Gasteiger partial charge in [0.05, 0.1) is 6.33 Å². The van der Waals surface area contributed by atoms with Crippen molar-refractivity contribution in [2.45, 2.75) is 63.6 Å². The zero-order chi connectivity index (χ0) is 26.9. The number of nitrogens with one attached hydrogen (secondary N) is 2. The van der Waals surface area contributed by atoms with Crippen LogP contribution in [-0.2, 0) is 28.0 Å². The van der Waals surface area contributed by atoms with Crippen molar-refractivity contribution in [2.75, 3.05) is 18.4 Å². The van der Waals surface area contributed by atoms with Gasteiger partial charge in [-0.1, -0.05) is 30.3 Å². The van der Waals surface area contributed by atoms with Crippen LogP contribution in [-0.4, -0.2) is 45.4 Å². The molecular weight excluding hydrogens is 488 g/mol. The Hall–Kier alpha value is -3.59. The van der Waals surface area contributed by atoms with E-state index in [0.717, 1.165) is 37.6 Å². The van der Waals surface area contributed by atoms with E-state index in [1.165, 1.54) is 6.07 Å². The zero-order valence-electron chi connectivity index (χ0n) is 21.7. The highest BCUT2D eigenvalue weighted by Crippen LogP contribution is 2.28. The van der Waals surface area contributed by atoms with Gasteiger partial charge in [0.2, 0.25) is 11.8 Å². The number of amides is 2. The summed E-state index contributed by atoms with van der Waals surface area (Å²) in [6.45, 7) is 5.22. The van der Waals surface area contributed by atoms with Gasteiger partial charge in [0.15, 0.2) is 5.82 Å². The maximum absolute atomic E-state index is 14.5. The van der Waals surface area contributed by atoms with Crippen molar-refractivity contribution in [2.24, 2.45) is 0 Å². The second-order valence-electron chi connectivity index (χ2n) is 10.7. The number of fused-ring (bicyclic) bond motifs is 1. The fraction of sp³-hybridized carbons (Fsp3) is 0.414. The molecule has 2 aliphatic rings. The molecule has 1 aliphatic heterocycles. The van der Waals surface area contributed by atoms with Gasteiger partial charge in [0.1, 0.15) is 23.2 Å². The summed E-state index contributed by atoms with van der Waals surface area (Å²) in [7, 11) is 0. The number of likely N-dealkylation sites (tertiary alicyclic amines) is 1. The van der Waals surface area contributed by atoms with Crippen LogP contribution in [0.2, 0.25) is 0 Å². The molecule has 1 aliphatic carbocycles. The molecule has 0 saturated carbocycles. The fourth-order valence-electron chi connectivity index (χ4n) is 5.44. The normalized spacial score (nSPS) is 18.2. The zero-order valence-corrected chi connectivity index (χ0v) is 21.7. The first kappa shape index (κ1) is 26.0. The minimum absolute atomic E-state index is 0.0267. The Kier molecular flexibility index (Phi) is 7.29. The summed E-state index contributed by atoms with van der Waals surface area (Å²) in [5, 5.41) is 6.29. The first-order valence-electron chi connectivity index (χ1n) is 13.1. The minimum Gasteiger partial charge on any atom is -0.341 e. The molecule has 200 valence electrons. The van der Waals surface area contributed by atoms with Crippen molar-refractivity contribution in [3.63, 3.8) is 0 Å². The topological polar surface area (TPSA) is 79.3 Å². The lowest BCUT2D eigenvalue weighted by Crippen LogP contribution is -2.45. The average molecular weight is 522 g/mol. The van der Waals surface area contributed by atoms with Crippen LogP contribution in [0.5, 0.6) is 0 Å². The number of aromatic nitrogens is 2. The van der Waals surface area contributed by atoms with Gasteiger partial charge in [-0.3, -0.25) is 14.9 Å². The van der Waals surface area contributed by atoms with Crippen molar-refractivity contribution < 1.29 is 18.4 Å². The number of carbonyl (C=O) groups is 2. The number of benzene rings is 2. The SMILES string of the molecule is CC(C)(C(=O)N1CCCC1)n1cnc(NC(=O)[C@@H](NC2CCc3cc(F)cc(F)c3C2)c2ccccc2)c1. The predicted octanol–water partition coefficient (Wildman–Crippen LogP) is 4.35. The monoisotopic (exact) mass is 521 g/mol. The third kappa shape index (κ3) is 5.34. The fourth-order valence-corrected chi connectivity index (χ4v) is 5.44. The number of hydrogen-bond donors (Lipinski definition) is 2. The number of carbonyl (C=O) groups excluding carboxylic acids is 2. The molecule has 0 bridgehead atoms. The van der Waals surface area contributed by atoms with Crippen LogP contribution < -0.4 is 10.6 Å². The van der Waals surface area contributed by atoms with E-state index >= 15 is 0 Å². The summed E-state index contributed by atoms with van der Waals surface area (Å²) in [6, 6.07) is 10.7. The van der Waals surface area contributed by atoms with E-state index in [1.807, 2.05) is 49.1 Å². The lowest BCUT2D eigenvalue weighted by atomic mass is 9.87. The molecule has 9 heteroatoms. The first-order valence-corrected chi connectivity index (χ1v) is 13.1. The standard InChI is InChI=1S/C29H33F2N5O2/c1-29(2,28(38)35-12-6-7-13-35)36-17-25(32-18-36)34-27(37)26(19-8-4-3-5-9-19)33-22-11-10-20-14-21(30)15-24(31)23(20)16-22/h3-5,8-9,14-15,17-18,22,26,33H,6-7,10-13,16H2,1-2H3,(H,34,37)/t22?,26-/m0/s1. The summed E-state index contributed by atoms with van der Waals surface area (Å²) < 4.78 is 29.9. The Bertz CT molecular complexity index is 1320. The maximum Gasteiger partial charge on any atom is 0.248 e. The molecule has 1 fully saturated rings. The highest BCUT2D eigenvalue weighted by molar-refractivity contribution is 5.95. The number of halogens is 2. The molecule has 1 aromatic heterocycles. The van der Waals surface area contributed by atoms with Gasteiger partial charge in [-0.2, -0.15) is 0 Å². The van der Waals surface area contributed by atoms with Crippen LogP contribution in [0.3, 0.4) is 0 Å².